The molecule has 0 atom stereocenters. The Morgan fingerprint density at radius 3 is 2.67 bits per heavy atom. The molecule has 0 radical (unpaired) electrons. The molecule has 1 aromatic rings. The van der Waals surface area contributed by atoms with Gasteiger partial charge in [0.1, 0.15) is 5.03 Å². The van der Waals surface area contributed by atoms with Gasteiger partial charge in [-0.1, -0.05) is 6.42 Å². The van der Waals surface area contributed by atoms with E-state index in [9.17, 15) is 9.59 Å². The number of pyridine rings is 1. The average molecular weight is 269 g/mol. The molecule has 6 heteroatoms. The zero-order valence-electron chi connectivity index (χ0n) is 9.83. The van der Waals surface area contributed by atoms with Crippen molar-refractivity contribution in [2.24, 2.45) is 0 Å². The molecule has 0 unspecified atom stereocenters. The molecule has 1 heterocycles. The third-order valence-corrected chi connectivity index (χ3v) is 3.37. The molecule has 0 aliphatic carbocycles. The van der Waals surface area contributed by atoms with E-state index in [1.165, 1.54) is 17.8 Å². The fourth-order valence-electron chi connectivity index (χ4n) is 1.39. The van der Waals surface area contributed by atoms with Crippen molar-refractivity contribution >= 4 is 23.7 Å². The van der Waals surface area contributed by atoms with E-state index in [1.807, 2.05) is 0 Å². The van der Waals surface area contributed by atoms with Crippen molar-refractivity contribution in [3.63, 3.8) is 0 Å². The lowest BCUT2D eigenvalue weighted by Crippen LogP contribution is -2.00. The number of hydrogen-bond donors (Lipinski definition) is 2. The molecule has 0 amide bonds. The minimum atomic E-state index is -0.975. The molecule has 1 rings (SSSR count). The summed E-state index contributed by atoms with van der Waals surface area (Å²) < 4.78 is 0. The Balaban J connectivity index is 2.31. The van der Waals surface area contributed by atoms with Crippen molar-refractivity contribution in [2.45, 2.75) is 30.7 Å². The van der Waals surface area contributed by atoms with Crippen molar-refractivity contribution in [3.8, 4) is 0 Å². The zero-order chi connectivity index (χ0) is 13.4. The number of nitrogens with zero attached hydrogens (tertiary/aromatic N) is 1. The molecular formula is C12H15NO4S. The predicted molar refractivity (Wildman–Crippen MR) is 68.0 cm³/mol. The Kier molecular flexibility index (Phi) is 6.21. The maximum absolute atomic E-state index is 10.9. The lowest BCUT2D eigenvalue weighted by molar-refractivity contribution is -0.137. The average Bonchev–Trinajstić information content (AvgIpc) is 2.33. The van der Waals surface area contributed by atoms with Crippen LogP contribution in [-0.2, 0) is 4.79 Å². The second kappa shape index (κ2) is 7.71. The van der Waals surface area contributed by atoms with Crippen molar-refractivity contribution in [1.29, 1.82) is 0 Å². The summed E-state index contributed by atoms with van der Waals surface area (Å²) in [4.78, 5) is 25.2. The van der Waals surface area contributed by atoms with Gasteiger partial charge in [0, 0.05) is 12.6 Å². The highest BCUT2D eigenvalue weighted by atomic mass is 32.2. The number of aromatic carboxylic acids is 1. The number of unbranched alkanes of at least 4 members (excludes halogenated alkanes) is 2. The quantitative estimate of drug-likeness (QED) is 0.557. The number of hydrogen-bond acceptors (Lipinski definition) is 4. The molecular weight excluding hydrogens is 254 g/mol. The van der Waals surface area contributed by atoms with E-state index in [0.29, 0.717) is 11.4 Å². The maximum Gasteiger partial charge on any atom is 0.338 e. The Morgan fingerprint density at radius 1 is 1.22 bits per heavy atom. The standard InChI is InChI=1S/C12H15NO4S/c14-10(15)6-2-1-3-8-18-11-9(12(16)17)5-4-7-13-11/h4-5,7H,1-3,6,8H2,(H,14,15)(H,16,17). The van der Waals surface area contributed by atoms with Crippen LogP contribution in [0.15, 0.2) is 23.4 Å². The number of carboxylic acid groups (broad SMARTS) is 2. The summed E-state index contributed by atoms with van der Waals surface area (Å²) in [6.07, 6.45) is 4.10. The second-order valence-electron chi connectivity index (χ2n) is 3.71. The van der Waals surface area contributed by atoms with Crippen LogP contribution in [0.5, 0.6) is 0 Å². The van der Waals surface area contributed by atoms with Crippen molar-refractivity contribution in [3.05, 3.63) is 23.9 Å². The van der Waals surface area contributed by atoms with Gasteiger partial charge >= 0.3 is 11.9 Å². The first-order chi connectivity index (χ1) is 8.61. The Hall–Kier alpha value is -1.56. The van der Waals surface area contributed by atoms with Crippen LogP contribution in [-0.4, -0.2) is 32.9 Å². The van der Waals surface area contributed by atoms with E-state index < -0.39 is 11.9 Å². The van der Waals surface area contributed by atoms with Crippen LogP contribution < -0.4 is 0 Å². The number of carboxylic acids is 2. The highest BCUT2D eigenvalue weighted by molar-refractivity contribution is 7.99. The van der Waals surface area contributed by atoms with E-state index in [1.54, 1.807) is 12.3 Å². The SMILES string of the molecule is O=C(O)CCCCCSc1ncccc1C(=O)O. The Labute approximate surface area is 109 Å². The second-order valence-corrected chi connectivity index (χ2v) is 4.80. The third-order valence-electron chi connectivity index (χ3n) is 2.28. The summed E-state index contributed by atoms with van der Waals surface area (Å²) in [5, 5.41) is 17.9. The van der Waals surface area contributed by atoms with Gasteiger partial charge in [-0.3, -0.25) is 4.79 Å². The number of rotatable bonds is 8. The molecule has 0 aliphatic heterocycles. The monoisotopic (exact) mass is 269 g/mol. The minimum absolute atomic E-state index is 0.189. The predicted octanol–water partition coefficient (Wildman–Crippen LogP) is 2.52. The van der Waals surface area contributed by atoms with Crippen molar-refractivity contribution in [2.75, 3.05) is 5.75 Å². The number of thioether (sulfide) groups is 1. The van der Waals surface area contributed by atoms with Crippen LogP contribution in [0.2, 0.25) is 0 Å². The Morgan fingerprint density at radius 2 is 2.00 bits per heavy atom. The molecule has 2 N–H and O–H groups in total. The van der Waals surface area contributed by atoms with Crippen molar-refractivity contribution in [1.82, 2.24) is 4.98 Å². The molecule has 1 aromatic heterocycles. The van der Waals surface area contributed by atoms with Crippen LogP contribution in [0, 0.1) is 0 Å². The molecule has 5 nitrogen and oxygen atoms in total. The summed E-state index contributed by atoms with van der Waals surface area (Å²) in [5.74, 6) is -1.01. The van der Waals surface area contributed by atoms with Crippen LogP contribution in [0.3, 0.4) is 0 Å². The zero-order valence-corrected chi connectivity index (χ0v) is 10.7. The normalized spacial score (nSPS) is 10.2. The maximum atomic E-state index is 10.9. The topological polar surface area (TPSA) is 87.5 Å². The highest BCUT2D eigenvalue weighted by Crippen LogP contribution is 2.21. The Bertz CT molecular complexity index is 422. The summed E-state index contributed by atoms with van der Waals surface area (Å²) >= 11 is 1.39. The molecule has 18 heavy (non-hydrogen) atoms. The van der Waals surface area contributed by atoms with Gasteiger partial charge in [-0.2, -0.15) is 0 Å². The smallest absolute Gasteiger partial charge is 0.338 e. The van der Waals surface area contributed by atoms with Crippen LogP contribution >= 0.6 is 11.8 Å². The highest BCUT2D eigenvalue weighted by Gasteiger charge is 2.10. The summed E-state index contributed by atoms with van der Waals surface area (Å²) in [6.45, 7) is 0. The summed E-state index contributed by atoms with van der Waals surface area (Å²) in [5.41, 5.74) is 0.216. The first-order valence-electron chi connectivity index (χ1n) is 5.64. The third kappa shape index (κ3) is 5.18. The van der Waals surface area contributed by atoms with E-state index in [0.717, 1.165) is 18.6 Å². The molecule has 0 saturated heterocycles. The van der Waals surface area contributed by atoms with Crippen LogP contribution in [0.25, 0.3) is 0 Å². The molecule has 0 aromatic carbocycles. The number of aliphatic carboxylic acids is 1. The van der Waals surface area contributed by atoms with Gasteiger partial charge in [-0.25, -0.2) is 9.78 Å². The minimum Gasteiger partial charge on any atom is -0.481 e. The van der Waals surface area contributed by atoms with E-state index in [4.69, 9.17) is 10.2 Å². The number of carbonyl (C=O) groups is 2. The summed E-state index contributed by atoms with van der Waals surface area (Å²) in [7, 11) is 0. The number of aromatic nitrogens is 1. The van der Waals surface area contributed by atoms with E-state index in [-0.39, 0.29) is 12.0 Å². The first-order valence-corrected chi connectivity index (χ1v) is 6.62. The van der Waals surface area contributed by atoms with Gasteiger partial charge in [0.05, 0.1) is 5.56 Å². The van der Waals surface area contributed by atoms with Gasteiger partial charge in [0.25, 0.3) is 0 Å². The van der Waals surface area contributed by atoms with Crippen molar-refractivity contribution < 1.29 is 19.8 Å². The fraction of sp³-hybridized carbons (Fsp3) is 0.417. The van der Waals surface area contributed by atoms with Gasteiger partial charge in [-0.15, -0.1) is 11.8 Å². The lowest BCUT2D eigenvalue weighted by atomic mass is 10.2. The molecule has 0 bridgehead atoms. The summed E-state index contributed by atoms with van der Waals surface area (Å²) in [6, 6.07) is 3.13. The van der Waals surface area contributed by atoms with Crippen LogP contribution in [0.4, 0.5) is 0 Å². The fourth-order valence-corrected chi connectivity index (χ4v) is 2.38. The van der Waals surface area contributed by atoms with Gasteiger partial charge in [0.2, 0.25) is 0 Å². The lowest BCUT2D eigenvalue weighted by Gasteiger charge is -2.03. The van der Waals surface area contributed by atoms with Gasteiger partial charge < -0.3 is 10.2 Å². The van der Waals surface area contributed by atoms with E-state index in [2.05, 4.69) is 4.98 Å². The largest absolute Gasteiger partial charge is 0.481 e. The molecule has 0 spiro atoms. The molecule has 0 fully saturated rings. The molecule has 0 saturated carbocycles. The van der Waals surface area contributed by atoms with Gasteiger partial charge in [0.15, 0.2) is 0 Å². The first kappa shape index (κ1) is 14.5. The molecule has 0 aliphatic rings. The van der Waals surface area contributed by atoms with Crippen LogP contribution in [0.1, 0.15) is 36.0 Å². The molecule has 98 valence electrons. The van der Waals surface area contributed by atoms with E-state index >= 15 is 0 Å². The van der Waals surface area contributed by atoms with Gasteiger partial charge in [-0.05, 0) is 30.7 Å².